The maximum atomic E-state index is 9.36. The molecule has 4 aromatic rings. The minimum atomic E-state index is -3.12. The molecule has 0 saturated heterocycles. The molecule has 168 valence electrons. The SMILES string of the molecule is [2H]C1(c2c([N+]#[C-])ccc3c2oc2c(-c4cc(C([2H])(C([2H])([2H])[2H])C([2H])([2H])[2H])cc(C)[n+]4C)c(C)ccc23)CCCCC1. The van der Waals surface area contributed by atoms with Crippen LogP contribution in [0.1, 0.15) is 90.9 Å². The van der Waals surface area contributed by atoms with Gasteiger partial charge in [0.05, 0.1) is 12.1 Å². The molecule has 0 spiro atoms. The standard InChI is InChI=1S/C30H33N2O/c1-18(2)22-16-20(4)32(6)26(17-22)27-19(3)12-13-23-24-14-15-25(31-5)28(30(24)33-29(23)27)21-10-8-7-9-11-21/h12-18,21H,7-11H2,1-4,6H3/q+1/i1D3,2D3,18D,21D. The van der Waals surface area contributed by atoms with Gasteiger partial charge >= 0.3 is 0 Å². The Balaban J connectivity index is 1.86. The van der Waals surface area contributed by atoms with E-state index in [1.54, 1.807) is 20.0 Å². The van der Waals surface area contributed by atoms with Crippen LogP contribution in [-0.2, 0) is 7.05 Å². The number of hydrogen-bond donors (Lipinski definition) is 0. The third-order valence-electron chi connectivity index (χ3n) is 7.02. The monoisotopic (exact) mass is 445 g/mol. The minimum Gasteiger partial charge on any atom is -0.456 e. The van der Waals surface area contributed by atoms with Gasteiger partial charge in [-0.1, -0.05) is 57.2 Å². The Morgan fingerprint density at radius 1 is 1.09 bits per heavy atom. The minimum absolute atomic E-state index is 0.126. The van der Waals surface area contributed by atoms with E-state index in [4.69, 9.17) is 20.6 Å². The zero-order valence-corrected chi connectivity index (χ0v) is 19.3. The second-order valence-electron chi connectivity index (χ2n) is 9.05. The van der Waals surface area contributed by atoms with E-state index in [2.05, 4.69) is 4.85 Å². The summed E-state index contributed by atoms with van der Waals surface area (Å²) in [6.07, 6.45) is 4.16. The van der Waals surface area contributed by atoms with Crippen LogP contribution in [0.25, 0.3) is 38.0 Å². The highest BCUT2D eigenvalue weighted by molar-refractivity contribution is 6.11. The molecule has 0 bridgehead atoms. The zero-order chi connectivity index (χ0) is 30.1. The summed E-state index contributed by atoms with van der Waals surface area (Å²) in [7, 11) is 1.80. The number of rotatable bonds is 3. The van der Waals surface area contributed by atoms with Gasteiger partial charge in [-0.25, -0.2) is 4.85 Å². The summed E-state index contributed by atoms with van der Waals surface area (Å²) in [6, 6.07) is 10.4. The summed E-state index contributed by atoms with van der Waals surface area (Å²) < 4.78 is 74.7. The molecule has 2 aromatic heterocycles. The highest BCUT2D eigenvalue weighted by Crippen LogP contribution is 2.46. The maximum Gasteiger partial charge on any atom is 0.216 e. The third-order valence-corrected chi connectivity index (χ3v) is 7.02. The number of aryl methyl sites for hydroxylation is 2. The zero-order valence-electron chi connectivity index (χ0n) is 27.3. The molecule has 0 atom stereocenters. The van der Waals surface area contributed by atoms with E-state index >= 15 is 0 Å². The molecule has 0 N–H and O–H groups in total. The summed E-state index contributed by atoms with van der Waals surface area (Å²) in [5.41, 5.74) is 4.45. The third kappa shape index (κ3) is 3.53. The number of benzene rings is 2. The molecule has 0 unspecified atom stereocenters. The van der Waals surface area contributed by atoms with E-state index in [-0.39, 0.29) is 5.56 Å². The lowest BCUT2D eigenvalue weighted by Gasteiger charge is -2.23. The van der Waals surface area contributed by atoms with E-state index in [1.165, 1.54) is 12.1 Å². The number of pyridine rings is 1. The van der Waals surface area contributed by atoms with E-state index < -0.39 is 25.5 Å². The molecule has 3 nitrogen and oxygen atoms in total. The van der Waals surface area contributed by atoms with E-state index in [0.29, 0.717) is 52.2 Å². The topological polar surface area (TPSA) is 21.4 Å². The molecule has 33 heavy (non-hydrogen) atoms. The van der Waals surface area contributed by atoms with Crippen LogP contribution >= 0.6 is 0 Å². The lowest BCUT2D eigenvalue weighted by molar-refractivity contribution is -0.666. The first-order valence-electron chi connectivity index (χ1n) is 15.4. The number of nitrogens with zero attached hydrogens (tertiary/aromatic N) is 2. The highest BCUT2D eigenvalue weighted by atomic mass is 16.3. The largest absolute Gasteiger partial charge is 0.456 e. The Kier molecular flexibility index (Phi) is 3.59. The Hall–Kier alpha value is -3.12. The molecule has 2 heterocycles. The number of aromatic nitrogens is 1. The molecule has 1 aliphatic carbocycles. The van der Waals surface area contributed by atoms with Gasteiger partial charge in [0.1, 0.15) is 18.2 Å². The number of fused-ring (bicyclic) bond motifs is 3. The quantitative estimate of drug-likeness (QED) is 0.229. The van der Waals surface area contributed by atoms with Crippen molar-refractivity contribution in [1.82, 2.24) is 0 Å². The smallest absolute Gasteiger partial charge is 0.216 e. The molecule has 0 amide bonds. The van der Waals surface area contributed by atoms with Crippen LogP contribution < -0.4 is 4.57 Å². The van der Waals surface area contributed by atoms with Crippen molar-refractivity contribution in [3.05, 3.63) is 70.2 Å². The molecular formula is C30H33N2O+. The summed E-state index contributed by atoms with van der Waals surface area (Å²) >= 11 is 0. The van der Waals surface area contributed by atoms with Crippen LogP contribution in [0.3, 0.4) is 0 Å². The van der Waals surface area contributed by atoms with Gasteiger partial charge < -0.3 is 4.42 Å². The van der Waals surface area contributed by atoms with Crippen molar-refractivity contribution in [1.29, 1.82) is 0 Å². The van der Waals surface area contributed by atoms with Crippen molar-refractivity contribution in [2.75, 3.05) is 0 Å². The van der Waals surface area contributed by atoms with E-state index in [1.807, 2.05) is 29.7 Å². The van der Waals surface area contributed by atoms with Crippen LogP contribution in [0.4, 0.5) is 5.69 Å². The molecule has 1 aliphatic rings. The van der Waals surface area contributed by atoms with Crippen LogP contribution in [0.2, 0.25) is 0 Å². The van der Waals surface area contributed by atoms with E-state index in [9.17, 15) is 1.37 Å². The van der Waals surface area contributed by atoms with Crippen molar-refractivity contribution in [2.45, 2.75) is 71.4 Å². The lowest BCUT2D eigenvalue weighted by atomic mass is 9.82. The predicted octanol–water partition coefficient (Wildman–Crippen LogP) is 8.42. The Morgan fingerprint density at radius 2 is 1.82 bits per heavy atom. The van der Waals surface area contributed by atoms with E-state index in [0.717, 1.165) is 35.6 Å². The fourth-order valence-corrected chi connectivity index (χ4v) is 5.16. The molecule has 3 heteroatoms. The molecular weight excluding hydrogens is 404 g/mol. The van der Waals surface area contributed by atoms with Crippen LogP contribution in [0.5, 0.6) is 0 Å². The van der Waals surface area contributed by atoms with Gasteiger partial charge in [0.2, 0.25) is 5.69 Å². The van der Waals surface area contributed by atoms with Crippen molar-refractivity contribution in [3.8, 4) is 11.3 Å². The Bertz CT molecular complexity index is 1710. The van der Waals surface area contributed by atoms with Crippen LogP contribution in [0, 0.1) is 20.4 Å². The van der Waals surface area contributed by atoms with Crippen LogP contribution in [-0.4, -0.2) is 0 Å². The van der Waals surface area contributed by atoms with Gasteiger partial charge in [0.25, 0.3) is 0 Å². The summed E-state index contributed by atoms with van der Waals surface area (Å²) in [4.78, 5) is 3.76. The number of furan rings is 1. The van der Waals surface area contributed by atoms with Crippen molar-refractivity contribution >= 4 is 27.6 Å². The van der Waals surface area contributed by atoms with Gasteiger partial charge in [-0.2, -0.15) is 4.57 Å². The first-order chi connectivity index (χ1) is 19.0. The average molecular weight is 446 g/mol. The first-order valence-corrected chi connectivity index (χ1v) is 11.4. The highest BCUT2D eigenvalue weighted by Gasteiger charge is 2.27. The molecule has 0 aliphatic heterocycles. The second-order valence-corrected chi connectivity index (χ2v) is 9.05. The van der Waals surface area contributed by atoms with Crippen molar-refractivity contribution in [2.24, 2.45) is 7.05 Å². The lowest BCUT2D eigenvalue weighted by Crippen LogP contribution is -2.35. The Labute approximate surface area is 208 Å². The first kappa shape index (κ1) is 14.2. The molecule has 5 rings (SSSR count). The average Bonchev–Trinajstić information content (AvgIpc) is 3.26. The molecule has 2 aromatic carbocycles. The molecule has 1 fully saturated rings. The van der Waals surface area contributed by atoms with Gasteiger partial charge in [-0.15, -0.1) is 0 Å². The van der Waals surface area contributed by atoms with Gasteiger partial charge in [0, 0.05) is 46.4 Å². The Morgan fingerprint density at radius 3 is 2.55 bits per heavy atom. The maximum absolute atomic E-state index is 9.36. The summed E-state index contributed by atoms with van der Waals surface area (Å²) in [5.74, 6) is -3.79. The van der Waals surface area contributed by atoms with Gasteiger partial charge in [0.15, 0.2) is 11.4 Å². The number of hydrogen-bond acceptors (Lipinski definition) is 1. The second kappa shape index (κ2) is 8.34. The summed E-state index contributed by atoms with van der Waals surface area (Å²) in [6.45, 7) is 5.24. The molecule has 1 saturated carbocycles. The molecule has 0 radical (unpaired) electrons. The van der Waals surface area contributed by atoms with Gasteiger partial charge in [-0.05, 0) is 42.7 Å². The normalized spacial score (nSPS) is 20.5. The van der Waals surface area contributed by atoms with Crippen molar-refractivity contribution < 1.29 is 20.0 Å². The predicted molar refractivity (Wildman–Crippen MR) is 136 cm³/mol. The van der Waals surface area contributed by atoms with Crippen LogP contribution in [0.15, 0.2) is 40.8 Å². The van der Waals surface area contributed by atoms with Gasteiger partial charge in [-0.3, -0.25) is 0 Å². The fourth-order valence-electron chi connectivity index (χ4n) is 5.16. The van der Waals surface area contributed by atoms with Crippen molar-refractivity contribution in [3.63, 3.8) is 0 Å². The fraction of sp³-hybridized carbons (Fsp3) is 0.400. The summed E-state index contributed by atoms with van der Waals surface area (Å²) in [5, 5.41) is 1.57.